The SMILES string of the molecule is C=C(C)CN(CC)C(=O)CSC1=N/C(=C\c2ccc3c(c2)OCO3)C(=O)N1c1ccc(C)cc1. The lowest BCUT2D eigenvalue weighted by Gasteiger charge is -2.22. The number of likely N-dealkylation sites (N-methyl/N-ethyl adjacent to an activating group) is 1. The number of carbonyl (C=O) groups is 2. The first-order chi connectivity index (χ1) is 16.4. The summed E-state index contributed by atoms with van der Waals surface area (Å²) >= 11 is 1.26. The Kier molecular flexibility index (Phi) is 7.07. The van der Waals surface area contributed by atoms with Gasteiger partial charge >= 0.3 is 0 Å². The molecule has 7 nitrogen and oxygen atoms in total. The van der Waals surface area contributed by atoms with E-state index in [1.54, 1.807) is 15.9 Å². The summed E-state index contributed by atoms with van der Waals surface area (Å²) in [6, 6.07) is 13.1. The molecule has 34 heavy (non-hydrogen) atoms. The molecule has 2 amide bonds. The first-order valence-corrected chi connectivity index (χ1v) is 12.0. The Bertz CT molecular complexity index is 1190. The lowest BCUT2D eigenvalue weighted by molar-refractivity contribution is -0.127. The number of anilines is 1. The summed E-state index contributed by atoms with van der Waals surface area (Å²) in [5.74, 6) is 1.21. The summed E-state index contributed by atoms with van der Waals surface area (Å²) < 4.78 is 10.8. The number of ether oxygens (including phenoxy) is 2. The van der Waals surface area contributed by atoms with Crippen LogP contribution in [0.5, 0.6) is 11.5 Å². The molecule has 8 heteroatoms. The summed E-state index contributed by atoms with van der Waals surface area (Å²) in [4.78, 5) is 34.1. The molecular weight excluding hydrogens is 450 g/mol. The van der Waals surface area contributed by atoms with E-state index in [9.17, 15) is 9.59 Å². The molecular formula is C26H27N3O4S. The molecule has 2 heterocycles. The highest BCUT2D eigenvalue weighted by atomic mass is 32.2. The number of rotatable bonds is 7. The maximum absolute atomic E-state index is 13.4. The van der Waals surface area contributed by atoms with Crippen LogP contribution in [0, 0.1) is 6.92 Å². The highest BCUT2D eigenvalue weighted by Gasteiger charge is 2.32. The molecule has 2 aliphatic rings. The fraction of sp³-hybridized carbons (Fsp3) is 0.269. The number of aliphatic imine (C=N–C) groups is 1. The average Bonchev–Trinajstić information content (AvgIpc) is 3.40. The summed E-state index contributed by atoms with van der Waals surface area (Å²) in [5.41, 5.74) is 3.79. The van der Waals surface area contributed by atoms with Crippen molar-refractivity contribution in [2.45, 2.75) is 20.8 Å². The third-order valence-electron chi connectivity index (χ3n) is 5.34. The van der Waals surface area contributed by atoms with Crippen LogP contribution < -0.4 is 14.4 Å². The van der Waals surface area contributed by atoms with Gasteiger partial charge in [0.1, 0.15) is 5.70 Å². The van der Waals surface area contributed by atoms with Crippen LogP contribution in [0.3, 0.4) is 0 Å². The van der Waals surface area contributed by atoms with Crippen molar-refractivity contribution in [2.75, 3.05) is 30.5 Å². The monoisotopic (exact) mass is 477 g/mol. The molecule has 2 aromatic carbocycles. The lowest BCUT2D eigenvalue weighted by Crippen LogP contribution is -2.35. The third-order valence-corrected chi connectivity index (χ3v) is 6.27. The normalized spacial score (nSPS) is 15.6. The van der Waals surface area contributed by atoms with Gasteiger partial charge < -0.3 is 14.4 Å². The average molecular weight is 478 g/mol. The number of hydrogen-bond acceptors (Lipinski definition) is 6. The van der Waals surface area contributed by atoms with Crippen LogP contribution in [0.1, 0.15) is 25.0 Å². The maximum atomic E-state index is 13.4. The molecule has 0 aliphatic carbocycles. The van der Waals surface area contributed by atoms with Gasteiger partial charge in [-0.1, -0.05) is 47.7 Å². The molecule has 0 saturated heterocycles. The molecule has 4 rings (SSSR count). The van der Waals surface area contributed by atoms with E-state index in [-0.39, 0.29) is 24.4 Å². The van der Waals surface area contributed by atoms with E-state index < -0.39 is 0 Å². The molecule has 0 saturated carbocycles. The highest BCUT2D eigenvalue weighted by Crippen LogP contribution is 2.34. The van der Waals surface area contributed by atoms with Crippen LogP contribution in [0.2, 0.25) is 0 Å². The minimum absolute atomic E-state index is 0.0253. The Hall–Kier alpha value is -3.52. The number of carbonyl (C=O) groups excluding carboxylic acids is 2. The third kappa shape index (κ3) is 5.17. The first kappa shape index (κ1) is 23.6. The van der Waals surface area contributed by atoms with Crippen LogP contribution >= 0.6 is 11.8 Å². The molecule has 176 valence electrons. The van der Waals surface area contributed by atoms with Crippen molar-refractivity contribution in [3.8, 4) is 11.5 Å². The van der Waals surface area contributed by atoms with Gasteiger partial charge in [-0.25, -0.2) is 4.99 Å². The molecule has 0 bridgehead atoms. The van der Waals surface area contributed by atoms with Crippen molar-refractivity contribution in [1.29, 1.82) is 0 Å². The van der Waals surface area contributed by atoms with Crippen LogP contribution in [-0.4, -0.2) is 47.5 Å². The molecule has 0 fully saturated rings. The van der Waals surface area contributed by atoms with Crippen LogP contribution in [0.4, 0.5) is 5.69 Å². The van der Waals surface area contributed by atoms with E-state index in [4.69, 9.17) is 9.47 Å². The Balaban J connectivity index is 1.61. The molecule has 0 atom stereocenters. The fourth-order valence-corrected chi connectivity index (χ4v) is 4.51. The second-order valence-electron chi connectivity index (χ2n) is 8.17. The van der Waals surface area contributed by atoms with Gasteiger partial charge in [-0.3, -0.25) is 14.5 Å². The van der Waals surface area contributed by atoms with E-state index in [2.05, 4.69) is 11.6 Å². The lowest BCUT2D eigenvalue weighted by atomic mass is 10.1. The predicted octanol–water partition coefficient (Wildman–Crippen LogP) is 4.63. The number of nitrogens with zero attached hydrogens (tertiary/aromatic N) is 3. The van der Waals surface area contributed by atoms with Gasteiger partial charge in [0.25, 0.3) is 5.91 Å². The first-order valence-electron chi connectivity index (χ1n) is 11.0. The van der Waals surface area contributed by atoms with Crippen molar-refractivity contribution in [2.24, 2.45) is 4.99 Å². The van der Waals surface area contributed by atoms with Gasteiger partial charge in [0.15, 0.2) is 16.7 Å². The standard InChI is InChI=1S/C26H27N3O4S/c1-5-28(14-17(2)3)24(30)15-34-26-27-21(12-19-8-11-22-23(13-19)33-16-32-22)25(31)29(26)20-9-6-18(4)7-10-20/h6-13H,2,5,14-16H2,1,3-4H3/b21-12-. The molecule has 0 unspecified atom stereocenters. The molecule has 0 N–H and O–H groups in total. The van der Waals surface area contributed by atoms with Gasteiger partial charge in [0, 0.05) is 13.1 Å². The Morgan fingerprint density at radius 2 is 1.94 bits per heavy atom. The fourth-order valence-electron chi connectivity index (χ4n) is 3.60. The van der Waals surface area contributed by atoms with E-state index >= 15 is 0 Å². The van der Waals surface area contributed by atoms with Crippen molar-refractivity contribution in [1.82, 2.24) is 4.90 Å². The second kappa shape index (κ2) is 10.2. The number of fused-ring (bicyclic) bond motifs is 1. The van der Waals surface area contributed by atoms with E-state index in [1.807, 2.05) is 63.2 Å². The number of benzene rings is 2. The molecule has 2 aliphatic heterocycles. The minimum atomic E-state index is -0.245. The van der Waals surface area contributed by atoms with E-state index in [1.165, 1.54) is 11.8 Å². The van der Waals surface area contributed by atoms with Gasteiger partial charge in [0.2, 0.25) is 12.7 Å². The number of hydrogen-bond donors (Lipinski definition) is 0. The Morgan fingerprint density at radius 1 is 1.21 bits per heavy atom. The van der Waals surface area contributed by atoms with Crippen molar-refractivity contribution < 1.29 is 19.1 Å². The van der Waals surface area contributed by atoms with Crippen LogP contribution in [0.25, 0.3) is 6.08 Å². The summed E-state index contributed by atoms with van der Waals surface area (Å²) in [6.07, 6.45) is 1.72. The van der Waals surface area contributed by atoms with E-state index in [0.717, 1.165) is 16.7 Å². The molecule has 0 radical (unpaired) electrons. The zero-order chi connectivity index (χ0) is 24.2. The van der Waals surface area contributed by atoms with Gasteiger partial charge in [-0.2, -0.15) is 0 Å². The van der Waals surface area contributed by atoms with Crippen LogP contribution in [-0.2, 0) is 9.59 Å². The largest absolute Gasteiger partial charge is 0.454 e. The van der Waals surface area contributed by atoms with Crippen LogP contribution in [0.15, 0.2) is 65.3 Å². The number of amidine groups is 1. The Labute approximate surface area is 203 Å². The second-order valence-corrected chi connectivity index (χ2v) is 9.11. The van der Waals surface area contributed by atoms with Crippen molar-refractivity contribution in [3.05, 3.63) is 71.4 Å². The van der Waals surface area contributed by atoms with Crippen molar-refractivity contribution >= 4 is 40.5 Å². The molecule has 0 aromatic heterocycles. The quantitative estimate of drug-likeness (QED) is 0.430. The topological polar surface area (TPSA) is 71.4 Å². The molecule has 2 aromatic rings. The zero-order valence-electron chi connectivity index (χ0n) is 19.5. The summed E-state index contributed by atoms with van der Waals surface area (Å²) in [6.45, 7) is 11.0. The number of amides is 2. The highest BCUT2D eigenvalue weighted by molar-refractivity contribution is 8.14. The maximum Gasteiger partial charge on any atom is 0.283 e. The minimum Gasteiger partial charge on any atom is -0.454 e. The summed E-state index contributed by atoms with van der Waals surface area (Å²) in [7, 11) is 0. The number of thioether (sulfide) groups is 1. The van der Waals surface area contributed by atoms with Gasteiger partial charge in [-0.15, -0.1) is 0 Å². The van der Waals surface area contributed by atoms with Gasteiger partial charge in [-0.05, 0) is 56.7 Å². The Morgan fingerprint density at radius 3 is 2.65 bits per heavy atom. The van der Waals surface area contributed by atoms with Gasteiger partial charge in [0.05, 0.1) is 11.4 Å². The predicted molar refractivity (Wildman–Crippen MR) is 136 cm³/mol. The summed E-state index contributed by atoms with van der Waals surface area (Å²) in [5, 5.41) is 0.473. The molecule has 0 spiro atoms. The smallest absolute Gasteiger partial charge is 0.283 e. The zero-order valence-corrected chi connectivity index (χ0v) is 20.4. The number of aryl methyl sites for hydroxylation is 1. The van der Waals surface area contributed by atoms with Crippen molar-refractivity contribution in [3.63, 3.8) is 0 Å². The van der Waals surface area contributed by atoms with E-state index in [0.29, 0.717) is 41.1 Å².